The summed E-state index contributed by atoms with van der Waals surface area (Å²) in [6, 6.07) is 10.2. The fourth-order valence-corrected chi connectivity index (χ4v) is 3.29. The molecule has 2 aromatic carbocycles. The first-order valence-corrected chi connectivity index (χ1v) is 8.80. The van der Waals surface area contributed by atoms with Crippen molar-refractivity contribution in [2.24, 2.45) is 12.8 Å². The third-order valence-corrected chi connectivity index (χ3v) is 4.74. The van der Waals surface area contributed by atoms with Gasteiger partial charge in [-0.2, -0.15) is 0 Å². The highest BCUT2D eigenvalue weighted by Crippen LogP contribution is 2.24. The van der Waals surface area contributed by atoms with Crippen LogP contribution in [0, 0.1) is 6.92 Å². The Bertz CT molecular complexity index is 1310. The minimum atomic E-state index is -0.646. The summed E-state index contributed by atoms with van der Waals surface area (Å²) >= 11 is 5.93. The first-order valence-electron chi connectivity index (χ1n) is 8.42. The van der Waals surface area contributed by atoms with Gasteiger partial charge in [0.05, 0.1) is 16.5 Å². The van der Waals surface area contributed by atoms with E-state index in [1.54, 1.807) is 23.6 Å². The van der Waals surface area contributed by atoms with Crippen LogP contribution < -0.4 is 16.0 Å². The number of fused-ring (bicyclic) bond motifs is 3. The standard InChI is InChI=1S/C19H16ClN5O3/c1-10-3-5-14-12(7-10)18(27)24(2)19-23-22-16(25(14)19)9-28-15-6-4-11(20)8-13(15)17(21)26/h3-8H,9H2,1-2H3,(H2,21,26). The molecule has 4 aromatic rings. The number of primary amides is 1. The summed E-state index contributed by atoms with van der Waals surface area (Å²) in [7, 11) is 1.64. The maximum atomic E-state index is 12.6. The van der Waals surface area contributed by atoms with E-state index < -0.39 is 5.91 Å². The third kappa shape index (κ3) is 2.87. The van der Waals surface area contributed by atoms with Crippen molar-refractivity contribution in [1.82, 2.24) is 19.2 Å². The Labute approximate surface area is 164 Å². The summed E-state index contributed by atoms with van der Waals surface area (Å²) in [5, 5.41) is 9.22. The van der Waals surface area contributed by atoms with Crippen molar-refractivity contribution >= 4 is 34.2 Å². The molecule has 0 saturated carbocycles. The largest absolute Gasteiger partial charge is 0.485 e. The lowest BCUT2D eigenvalue weighted by Crippen LogP contribution is -2.21. The van der Waals surface area contributed by atoms with Crippen molar-refractivity contribution in [3.63, 3.8) is 0 Å². The lowest BCUT2D eigenvalue weighted by Gasteiger charge is -2.11. The van der Waals surface area contributed by atoms with Crippen LogP contribution in [0.2, 0.25) is 5.02 Å². The van der Waals surface area contributed by atoms with E-state index in [-0.39, 0.29) is 17.7 Å². The number of hydrogen-bond acceptors (Lipinski definition) is 5. The second-order valence-corrected chi connectivity index (χ2v) is 6.87. The number of carbonyl (C=O) groups is 1. The van der Waals surface area contributed by atoms with E-state index in [9.17, 15) is 9.59 Å². The predicted octanol–water partition coefficient (Wildman–Crippen LogP) is 2.22. The molecule has 0 atom stereocenters. The molecule has 0 bridgehead atoms. The van der Waals surface area contributed by atoms with Gasteiger partial charge in [0.25, 0.3) is 11.5 Å². The van der Waals surface area contributed by atoms with E-state index in [1.165, 1.54) is 10.6 Å². The van der Waals surface area contributed by atoms with Crippen molar-refractivity contribution in [3.05, 3.63) is 68.7 Å². The zero-order valence-electron chi connectivity index (χ0n) is 15.1. The van der Waals surface area contributed by atoms with Crippen LogP contribution in [-0.4, -0.2) is 25.1 Å². The normalized spacial score (nSPS) is 11.2. The number of aromatic nitrogens is 4. The molecule has 4 rings (SSSR count). The quantitative estimate of drug-likeness (QED) is 0.568. The fraction of sp³-hybridized carbons (Fsp3) is 0.158. The highest BCUT2D eigenvalue weighted by molar-refractivity contribution is 6.31. The minimum absolute atomic E-state index is 0.0181. The summed E-state index contributed by atoms with van der Waals surface area (Å²) in [4.78, 5) is 24.3. The second kappa shape index (κ2) is 6.65. The van der Waals surface area contributed by atoms with Gasteiger partial charge in [0.2, 0.25) is 5.78 Å². The van der Waals surface area contributed by atoms with Gasteiger partial charge in [0, 0.05) is 12.1 Å². The molecule has 2 aromatic heterocycles. The molecule has 8 nitrogen and oxygen atoms in total. The molecule has 2 heterocycles. The monoisotopic (exact) mass is 397 g/mol. The van der Waals surface area contributed by atoms with Gasteiger partial charge in [-0.15, -0.1) is 10.2 Å². The molecule has 0 spiro atoms. The van der Waals surface area contributed by atoms with Crippen LogP contribution in [0.15, 0.2) is 41.2 Å². The molecule has 9 heteroatoms. The smallest absolute Gasteiger partial charge is 0.262 e. The number of nitrogens with zero attached hydrogens (tertiary/aromatic N) is 4. The molecule has 142 valence electrons. The average Bonchev–Trinajstić information content (AvgIpc) is 3.09. The third-order valence-electron chi connectivity index (χ3n) is 4.50. The van der Waals surface area contributed by atoms with E-state index >= 15 is 0 Å². The number of amides is 1. The number of carbonyl (C=O) groups excluding carboxylic acids is 1. The SMILES string of the molecule is Cc1ccc2c(c1)c(=O)n(C)c1nnc(COc3ccc(Cl)cc3C(N)=O)n21. The van der Waals surface area contributed by atoms with Crippen LogP contribution >= 0.6 is 11.6 Å². The number of nitrogens with two attached hydrogens (primary N) is 1. The summed E-state index contributed by atoms with van der Waals surface area (Å²) < 4.78 is 8.98. The van der Waals surface area contributed by atoms with Crippen molar-refractivity contribution < 1.29 is 9.53 Å². The first-order chi connectivity index (χ1) is 13.4. The summed E-state index contributed by atoms with van der Waals surface area (Å²) in [6.07, 6.45) is 0. The van der Waals surface area contributed by atoms with Crippen molar-refractivity contribution in [2.75, 3.05) is 0 Å². The van der Waals surface area contributed by atoms with Crippen molar-refractivity contribution in [1.29, 1.82) is 0 Å². The second-order valence-electron chi connectivity index (χ2n) is 6.43. The number of hydrogen-bond donors (Lipinski definition) is 1. The Balaban J connectivity index is 1.82. The lowest BCUT2D eigenvalue weighted by atomic mass is 10.1. The van der Waals surface area contributed by atoms with Gasteiger partial charge >= 0.3 is 0 Å². The first kappa shape index (κ1) is 18.0. The number of rotatable bonds is 4. The fourth-order valence-electron chi connectivity index (χ4n) is 3.12. The van der Waals surface area contributed by atoms with Crippen LogP contribution in [0.25, 0.3) is 16.7 Å². The van der Waals surface area contributed by atoms with Gasteiger partial charge in [-0.1, -0.05) is 23.2 Å². The van der Waals surface area contributed by atoms with E-state index in [1.807, 2.05) is 25.1 Å². The molecule has 0 aliphatic rings. The van der Waals surface area contributed by atoms with Gasteiger partial charge in [-0.3, -0.25) is 18.6 Å². The van der Waals surface area contributed by atoms with Gasteiger partial charge in [0.1, 0.15) is 12.4 Å². The molecule has 0 aliphatic carbocycles. The summed E-state index contributed by atoms with van der Waals surface area (Å²) in [6.45, 7) is 1.94. The molecule has 2 N–H and O–H groups in total. The highest BCUT2D eigenvalue weighted by Gasteiger charge is 2.17. The zero-order valence-corrected chi connectivity index (χ0v) is 15.9. The Morgan fingerprint density at radius 2 is 2.00 bits per heavy atom. The molecular weight excluding hydrogens is 382 g/mol. The van der Waals surface area contributed by atoms with Crippen LogP contribution in [-0.2, 0) is 13.7 Å². The molecule has 0 radical (unpaired) electrons. The van der Waals surface area contributed by atoms with Gasteiger partial charge in [-0.05, 0) is 37.3 Å². The van der Waals surface area contributed by atoms with Crippen LogP contribution in [0.3, 0.4) is 0 Å². The van der Waals surface area contributed by atoms with Crippen LogP contribution in [0.4, 0.5) is 0 Å². The van der Waals surface area contributed by atoms with Crippen LogP contribution in [0.1, 0.15) is 21.7 Å². The van der Waals surface area contributed by atoms with Gasteiger partial charge < -0.3 is 10.5 Å². The lowest BCUT2D eigenvalue weighted by molar-refractivity contribution is 0.0995. The number of ether oxygens (including phenoxy) is 1. The molecule has 0 unspecified atom stereocenters. The topological polar surface area (TPSA) is 105 Å². The highest BCUT2D eigenvalue weighted by atomic mass is 35.5. The average molecular weight is 398 g/mol. The Morgan fingerprint density at radius 1 is 1.21 bits per heavy atom. The molecule has 0 saturated heterocycles. The maximum absolute atomic E-state index is 12.6. The maximum Gasteiger partial charge on any atom is 0.262 e. The van der Waals surface area contributed by atoms with Crippen molar-refractivity contribution in [2.45, 2.75) is 13.5 Å². The molecule has 28 heavy (non-hydrogen) atoms. The molecule has 1 amide bonds. The Hall–Kier alpha value is -3.39. The van der Waals surface area contributed by atoms with E-state index in [0.717, 1.165) is 5.56 Å². The van der Waals surface area contributed by atoms with Crippen molar-refractivity contribution in [3.8, 4) is 5.75 Å². The summed E-state index contributed by atoms with van der Waals surface area (Å²) in [5.41, 5.74) is 7.07. The van der Waals surface area contributed by atoms with Crippen LogP contribution in [0.5, 0.6) is 5.75 Å². The van der Waals surface area contributed by atoms with Gasteiger partial charge in [0.15, 0.2) is 5.82 Å². The molecule has 0 fully saturated rings. The Kier molecular flexibility index (Phi) is 4.27. The number of benzene rings is 2. The summed E-state index contributed by atoms with van der Waals surface area (Å²) in [5.74, 6) is 0.515. The zero-order chi connectivity index (χ0) is 20.0. The van der Waals surface area contributed by atoms with Gasteiger partial charge in [-0.25, -0.2) is 0 Å². The van der Waals surface area contributed by atoms with E-state index in [0.29, 0.717) is 33.3 Å². The Morgan fingerprint density at radius 3 is 2.75 bits per heavy atom. The minimum Gasteiger partial charge on any atom is -0.485 e. The molecular formula is C19H16ClN5O3. The number of halogens is 1. The predicted molar refractivity (Wildman–Crippen MR) is 105 cm³/mol. The van der Waals surface area contributed by atoms with E-state index in [2.05, 4.69) is 10.2 Å². The molecule has 0 aliphatic heterocycles. The van der Waals surface area contributed by atoms with E-state index in [4.69, 9.17) is 22.1 Å². The number of aryl methyl sites for hydroxylation is 2.